The fraction of sp³-hybridized carbons (Fsp3) is 0. The van der Waals surface area contributed by atoms with Gasteiger partial charge in [0.1, 0.15) is 17.3 Å². The van der Waals surface area contributed by atoms with Crippen LogP contribution in [0.25, 0.3) is 0 Å². The number of H-pyrrole nitrogens is 1. The predicted octanol–water partition coefficient (Wildman–Crippen LogP) is 2.04. The number of benzene rings is 1. The second-order valence-electron chi connectivity index (χ2n) is 3.28. The number of rotatable bonds is 2. The third kappa shape index (κ3) is 2.54. The first-order chi connectivity index (χ1) is 8.06. The largest absolute Gasteiger partial charge is 0.382 e. The molecule has 0 atom stereocenters. The second-order valence-corrected chi connectivity index (χ2v) is 3.72. The minimum Gasteiger partial charge on any atom is -0.382 e. The van der Waals surface area contributed by atoms with Gasteiger partial charge in [-0.05, 0) is 18.2 Å². The fourth-order valence-electron chi connectivity index (χ4n) is 1.23. The summed E-state index contributed by atoms with van der Waals surface area (Å²) in [5.74, 6) is -0.958. The predicted molar refractivity (Wildman–Crippen MR) is 62.4 cm³/mol. The SMILES string of the molecule is Nc1cc(C(=O)Nc2ccc(Cl)cc2F)[nH]n1. The van der Waals surface area contributed by atoms with Gasteiger partial charge in [0.05, 0.1) is 5.69 Å². The van der Waals surface area contributed by atoms with Crippen LogP contribution >= 0.6 is 11.6 Å². The van der Waals surface area contributed by atoms with Gasteiger partial charge < -0.3 is 11.1 Å². The average molecular weight is 255 g/mol. The second kappa shape index (κ2) is 4.42. The first-order valence-electron chi connectivity index (χ1n) is 4.63. The van der Waals surface area contributed by atoms with Crippen LogP contribution in [0, 0.1) is 5.82 Å². The molecule has 2 aromatic rings. The minimum absolute atomic E-state index is 0.0348. The van der Waals surface area contributed by atoms with Crippen LogP contribution in [-0.2, 0) is 0 Å². The van der Waals surface area contributed by atoms with Crippen molar-refractivity contribution in [1.82, 2.24) is 10.2 Å². The summed E-state index contributed by atoms with van der Waals surface area (Å²) in [7, 11) is 0. The van der Waals surface area contributed by atoms with Gasteiger partial charge in [-0.2, -0.15) is 5.10 Å². The zero-order chi connectivity index (χ0) is 12.4. The summed E-state index contributed by atoms with van der Waals surface area (Å²) >= 11 is 5.59. The lowest BCUT2D eigenvalue weighted by molar-refractivity contribution is 0.102. The quantitative estimate of drug-likeness (QED) is 0.767. The molecule has 0 aliphatic carbocycles. The van der Waals surface area contributed by atoms with Gasteiger partial charge in [-0.3, -0.25) is 9.89 Å². The summed E-state index contributed by atoms with van der Waals surface area (Å²) in [6.45, 7) is 0. The zero-order valence-electron chi connectivity index (χ0n) is 8.50. The molecular weight excluding hydrogens is 247 g/mol. The number of carbonyl (C=O) groups is 1. The van der Waals surface area contributed by atoms with Crippen LogP contribution in [-0.4, -0.2) is 16.1 Å². The highest BCUT2D eigenvalue weighted by molar-refractivity contribution is 6.30. The minimum atomic E-state index is -0.613. The van der Waals surface area contributed by atoms with Crippen LogP contribution in [0.5, 0.6) is 0 Å². The van der Waals surface area contributed by atoms with Crippen LogP contribution < -0.4 is 11.1 Å². The van der Waals surface area contributed by atoms with Crippen molar-refractivity contribution >= 4 is 29.0 Å². The van der Waals surface area contributed by atoms with Gasteiger partial charge in [-0.15, -0.1) is 0 Å². The molecule has 0 bridgehead atoms. The first kappa shape index (κ1) is 11.4. The molecule has 1 amide bonds. The van der Waals surface area contributed by atoms with Crippen LogP contribution in [0.3, 0.4) is 0 Å². The Bertz CT molecular complexity index is 569. The van der Waals surface area contributed by atoms with Gasteiger partial charge in [0.15, 0.2) is 0 Å². The Morgan fingerprint density at radius 3 is 2.82 bits per heavy atom. The maximum atomic E-state index is 13.4. The molecule has 0 aliphatic rings. The van der Waals surface area contributed by atoms with Crippen LogP contribution in [0.1, 0.15) is 10.5 Å². The van der Waals surface area contributed by atoms with E-state index in [9.17, 15) is 9.18 Å². The monoisotopic (exact) mass is 254 g/mol. The number of aromatic nitrogens is 2. The smallest absolute Gasteiger partial charge is 0.273 e. The Balaban J connectivity index is 2.18. The summed E-state index contributed by atoms with van der Waals surface area (Å²) in [5, 5.41) is 8.64. The molecular formula is C10H8ClFN4O. The molecule has 17 heavy (non-hydrogen) atoms. The van der Waals surface area contributed by atoms with Crippen molar-refractivity contribution < 1.29 is 9.18 Å². The molecule has 0 saturated carbocycles. The van der Waals surface area contributed by atoms with Gasteiger partial charge in [0.25, 0.3) is 5.91 Å². The van der Waals surface area contributed by atoms with E-state index in [-0.39, 0.29) is 22.2 Å². The number of carbonyl (C=O) groups excluding carboxylic acids is 1. The molecule has 5 nitrogen and oxygen atoms in total. The zero-order valence-corrected chi connectivity index (χ0v) is 9.25. The van der Waals surface area contributed by atoms with Crippen molar-refractivity contribution in [3.05, 3.63) is 40.8 Å². The third-order valence-corrected chi connectivity index (χ3v) is 2.26. The Hall–Kier alpha value is -2.08. The number of nitrogens with two attached hydrogens (primary N) is 1. The molecule has 1 aromatic carbocycles. The highest BCUT2D eigenvalue weighted by Crippen LogP contribution is 2.19. The number of amides is 1. The van der Waals surface area contributed by atoms with E-state index in [4.69, 9.17) is 17.3 Å². The Kier molecular flexibility index (Phi) is 2.97. The van der Waals surface area contributed by atoms with E-state index >= 15 is 0 Å². The van der Waals surface area contributed by atoms with E-state index in [0.29, 0.717) is 0 Å². The molecule has 88 valence electrons. The third-order valence-electron chi connectivity index (χ3n) is 2.02. The molecule has 0 radical (unpaired) electrons. The maximum Gasteiger partial charge on any atom is 0.273 e. The van der Waals surface area contributed by atoms with Crippen molar-refractivity contribution in [2.75, 3.05) is 11.1 Å². The van der Waals surface area contributed by atoms with Gasteiger partial charge in [-0.1, -0.05) is 11.6 Å². The van der Waals surface area contributed by atoms with Crippen LogP contribution in [0.2, 0.25) is 5.02 Å². The molecule has 0 unspecified atom stereocenters. The number of anilines is 2. The summed E-state index contributed by atoms with van der Waals surface area (Å²) < 4.78 is 13.4. The van der Waals surface area contributed by atoms with Gasteiger partial charge in [-0.25, -0.2) is 4.39 Å². The molecule has 1 aromatic heterocycles. The van der Waals surface area contributed by atoms with Crippen molar-refractivity contribution in [2.45, 2.75) is 0 Å². The average Bonchev–Trinajstić information content (AvgIpc) is 2.69. The standard InChI is InChI=1S/C10H8ClFN4O/c11-5-1-2-7(6(12)3-5)14-10(17)8-4-9(13)16-15-8/h1-4H,(H,14,17)(H3,13,15,16). The fourth-order valence-corrected chi connectivity index (χ4v) is 1.39. The number of nitrogen functional groups attached to an aromatic ring is 1. The Labute approximate surface area is 101 Å². The van der Waals surface area contributed by atoms with Crippen LogP contribution in [0.15, 0.2) is 24.3 Å². The van der Waals surface area contributed by atoms with Crippen LogP contribution in [0.4, 0.5) is 15.9 Å². The molecule has 1 heterocycles. The number of aromatic amines is 1. The van der Waals surface area contributed by atoms with Gasteiger partial charge >= 0.3 is 0 Å². The van der Waals surface area contributed by atoms with Crippen molar-refractivity contribution in [3.63, 3.8) is 0 Å². The summed E-state index contributed by atoms with van der Waals surface area (Å²) in [4.78, 5) is 11.6. The van der Waals surface area contributed by atoms with E-state index in [1.807, 2.05) is 0 Å². The lowest BCUT2D eigenvalue weighted by Crippen LogP contribution is -2.13. The molecule has 7 heteroatoms. The Morgan fingerprint density at radius 2 is 2.24 bits per heavy atom. The molecule has 0 aliphatic heterocycles. The molecule has 2 rings (SSSR count). The number of nitrogens with zero attached hydrogens (tertiary/aromatic N) is 1. The van der Waals surface area contributed by atoms with Crippen molar-refractivity contribution in [2.24, 2.45) is 0 Å². The summed E-state index contributed by atoms with van der Waals surface area (Å²) in [5.41, 5.74) is 5.53. The van der Waals surface area contributed by atoms with E-state index in [1.54, 1.807) is 0 Å². The molecule has 0 fully saturated rings. The van der Waals surface area contributed by atoms with E-state index in [1.165, 1.54) is 18.2 Å². The Morgan fingerprint density at radius 1 is 1.47 bits per heavy atom. The van der Waals surface area contributed by atoms with Gasteiger partial charge in [0, 0.05) is 11.1 Å². The van der Waals surface area contributed by atoms with E-state index in [2.05, 4.69) is 15.5 Å². The summed E-state index contributed by atoms with van der Waals surface area (Å²) in [6.07, 6.45) is 0. The summed E-state index contributed by atoms with van der Waals surface area (Å²) in [6, 6.07) is 5.30. The normalized spacial score (nSPS) is 10.2. The first-order valence-corrected chi connectivity index (χ1v) is 5.01. The maximum absolute atomic E-state index is 13.4. The number of nitrogens with one attached hydrogen (secondary N) is 2. The van der Waals surface area contributed by atoms with Crippen molar-refractivity contribution in [1.29, 1.82) is 0 Å². The molecule has 0 spiro atoms. The highest BCUT2D eigenvalue weighted by Gasteiger charge is 2.11. The van der Waals surface area contributed by atoms with Crippen molar-refractivity contribution in [3.8, 4) is 0 Å². The topological polar surface area (TPSA) is 83.8 Å². The number of halogens is 2. The number of hydrogen-bond donors (Lipinski definition) is 3. The lowest BCUT2D eigenvalue weighted by Gasteiger charge is -2.04. The number of hydrogen-bond acceptors (Lipinski definition) is 3. The molecule has 0 saturated heterocycles. The lowest BCUT2D eigenvalue weighted by atomic mass is 10.3. The molecule has 4 N–H and O–H groups in total. The van der Waals surface area contributed by atoms with E-state index < -0.39 is 11.7 Å². The highest BCUT2D eigenvalue weighted by atomic mass is 35.5. The van der Waals surface area contributed by atoms with Gasteiger partial charge in [0.2, 0.25) is 0 Å². The van der Waals surface area contributed by atoms with E-state index in [0.717, 1.165) is 6.07 Å².